The third-order valence-electron chi connectivity index (χ3n) is 3.07. The standard InChI is InChI=1S/C15H16O3/c1-3-6-18-12-5-4-11-7-10(2)13(9-15(16)17)14(11)8-12/h3-5,8H,1,6-7,9H2,2H3,(H,16,17). The maximum Gasteiger partial charge on any atom is 0.307 e. The van der Waals surface area contributed by atoms with Gasteiger partial charge in [-0.15, -0.1) is 0 Å². The van der Waals surface area contributed by atoms with E-state index in [1.807, 2.05) is 25.1 Å². The summed E-state index contributed by atoms with van der Waals surface area (Å²) in [7, 11) is 0. The smallest absolute Gasteiger partial charge is 0.307 e. The molecule has 0 fully saturated rings. The molecule has 94 valence electrons. The Morgan fingerprint density at radius 1 is 1.56 bits per heavy atom. The molecule has 0 spiro atoms. The van der Waals surface area contributed by atoms with E-state index in [0.717, 1.165) is 28.9 Å². The van der Waals surface area contributed by atoms with E-state index < -0.39 is 5.97 Å². The molecule has 0 aromatic heterocycles. The number of fused-ring (bicyclic) bond motifs is 1. The summed E-state index contributed by atoms with van der Waals surface area (Å²) >= 11 is 0. The number of allylic oxidation sites excluding steroid dienone is 1. The average Bonchev–Trinajstić information content (AvgIpc) is 2.63. The van der Waals surface area contributed by atoms with Gasteiger partial charge in [-0.25, -0.2) is 0 Å². The highest BCUT2D eigenvalue weighted by Gasteiger charge is 2.21. The Morgan fingerprint density at radius 2 is 2.33 bits per heavy atom. The molecule has 0 heterocycles. The van der Waals surface area contributed by atoms with Crippen molar-refractivity contribution < 1.29 is 14.6 Å². The molecule has 1 N–H and O–H groups in total. The van der Waals surface area contributed by atoms with E-state index in [0.29, 0.717) is 6.61 Å². The summed E-state index contributed by atoms with van der Waals surface area (Å²) in [5.41, 5.74) is 4.24. The molecule has 3 nitrogen and oxygen atoms in total. The highest BCUT2D eigenvalue weighted by Crippen LogP contribution is 2.36. The van der Waals surface area contributed by atoms with Crippen molar-refractivity contribution in [3.8, 4) is 5.75 Å². The number of carbonyl (C=O) groups is 1. The Bertz CT molecular complexity index is 527. The molecule has 1 aliphatic carbocycles. The van der Waals surface area contributed by atoms with E-state index in [1.165, 1.54) is 5.56 Å². The summed E-state index contributed by atoms with van der Waals surface area (Å²) < 4.78 is 5.48. The zero-order valence-corrected chi connectivity index (χ0v) is 10.4. The first-order valence-corrected chi connectivity index (χ1v) is 5.89. The predicted octanol–water partition coefficient (Wildman–Crippen LogP) is 3.06. The highest BCUT2D eigenvalue weighted by molar-refractivity contribution is 5.88. The van der Waals surface area contributed by atoms with Crippen molar-refractivity contribution in [3.05, 3.63) is 47.6 Å². The van der Waals surface area contributed by atoms with Crippen LogP contribution in [0.1, 0.15) is 24.5 Å². The van der Waals surface area contributed by atoms with Gasteiger partial charge in [0.15, 0.2) is 0 Å². The van der Waals surface area contributed by atoms with Crippen molar-refractivity contribution >= 4 is 11.5 Å². The fourth-order valence-electron chi connectivity index (χ4n) is 2.26. The first-order chi connectivity index (χ1) is 8.61. The van der Waals surface area contributed by atoms with Crippen LogP contribution in [0.2, 0.25) is 0 Å². The minimum Gasteiger partial charge on any atom is -0.490 e. The highest BCUT2D eigenvalue weighted by atomic mass is 16.5. The Labute approximate surface area is 106 Å². The van der Waals surface area contributed by atoms with Crippen LogP contribution in [0.25, 0.3) is 5.57 Å². The number of carboxylic acids is 1. The topological polar surface area (TPSA) is 46.5 Å². The number of hydrogen-bond acceptors (Lipinski definition) is 2. The van der Waals surface area contributed by atoms with Crippen LogP contribution in [0, 0.1) is 0 Å². The predicted molar refractivity (Wildman–Crippen MR) is 70.7 cm³/mol. The van der Waals surface area contributed by atoms with Gasteiger partial charge in [0.05, 0.1) is 6.42 Å². The lowest BCUT2D eigenvalue weighted by Crippen LogP contribution is -1.98. The summed E-state index contributed by atoms with van der Waals surface area (Å²) in [5, 5.41) is 8.95. The maximum atomic E-state index is 10.9. The monoisotopic (exact) mass is 244 g/mol. The summed E-state index contributed by atoms with van der Waals surface area (Å²) in [5.74, 6) is -0.0409. The van der Waals surface area contributed by atoms with Crippen molar-refractivity contribution in [1.29, 1.82) is 0 Å². The molecule has 18 heavy (non-hydrogen) atoms. The van der Waals surface area contributed by atoms with Crippen molar-refractivity contribution in [2.24, 2.45) is 0 Å². The third-order valence-corrected chi connectivity index (χ3v) is 3.07. The number of ether oxygens (including phenoxy) is 1. The van der Waals surface area contributed by atoms with E-state index in [-0.39, 0.29) is 6.42 Å². The molecule has 1 aliphatic rings. The molecular formula is C15H16O3. The molecule has 0 amide bonds. The van der Waals surface area contributed by atoms with E-state index in [2.05, 4.69) is 6.58 Å². The van der Waals surface area contributed by atoms with Gasteiger partial charge in [0, 0.05) is 0 Å². The molecule has 2 rings (SSSR count). The van der Waals surface area contributed by atoms with Crippen molar-refractivity contribution in [2.45, 2.75) is 19.8 Å². The third kappa shape index (κ3) is 2.45. The van der Waals surface area contributed by atoms with Crippen LogP contribution >= 0.6 is 0 Å². The van der Waals surface area contributed by atoms with Crippen LogP contribution in [0.15, 0.2) is 36.4 Å². The minimum absolute atomic E-state index is 0.0732. The summed E-state index contributed by atoms with van der Waals surface area (Å²) in [6.07, 6.45) is 2.59. The Hall–Kier alpha value is -2.03. The van der Waals surface area contributed by atoms with Gasteiger partial charge in [0.1, 0.15) is 12.4 Å². The first kappa shape index (κ1) is 12.4. The van der Waals surface area contributed by atoms with Gasteiger partial charge in [-0.1, -0.05) is 24.3 Å². The lowest BCUT2D eigenvalue weighted by Gasteiger charge is -2.08. The van der Waals surface area contributed by atoms with E-state index in [4.69, 9.17) is 9.84 Å². The second-order valence-corrected chi connectivity index (χ2v) is 4.42. The molecule has 1 aromatic rings. The van der Waals surface area contributed by atoms with E-state index in [9.17, 15) is 4.79 Å². The second kappa shape index (κ2) is 5.08. The molecule has 0 unspecified atom stereocenters. The largest absolute Gasteiger partial charge is 0.490 e. The molecule has 0 bridgehead atoms. The van der Waals surface area contributed by atoms with Gasteiger partial charge in [-0.2, -0.15) is 0 Å². The first-order valence-electron chi connectivity index (χ1n) is 5.89. The fourth-order valence-corrected chi connectivity index (χ4v) is 2.26. The summed E-state index contributed by atoms with van der Waals surface area (Å²) in [6.45, 7) is 6.05. The van der Waals surface area contributed by atoms with Crippen LogP contribution < -0.4 is 4.74 Å². The number of rotatable bonds is 5. The van der Waals surface area contributed by atoms with Gasteiger partial charge in [-0.05, 0) is 42.2 Å². The maximum absolute atomic E-state index is 10.9. The quantitative estimate of drug-likeness (QED) is 0.810. The molecule has 0 saturated heterocycles. The van der Waals surface area contributed by atoms with Crippen molar-refractivity contribution in [1.82, 2.24) is 0 Å². The van der Waals surface area contributed by atoms with E-state index >= 15 is 0 Å². The number of hydrogen-bond donors (Lipinski definition) is 1. The van der Waals surface area contributed by atoms with Crippen LogP contribution in [0.5, 0.6) is 5.75 Å². The molecule has 3 heteroatoms. The molecule has 1 aromatic carbocycles. The fraction of sp³-hybridized carbons (Fsp3) is 0.267. The zero-order valence-electron chi connectivity index (χ0n) is 10.4. The summed E-state index contributed by atoms with van der Waals surface area (Å²) in [6, 6.07) is 5.85. The normalized spacial score (nSPS) is 13.4. The minimum atomic E-state index is -0.797. The van der Waals surface area contributed by atoms with E-state index in [1.54, 1.807) is 6.08 Å². The second-order valence-electron chi connectivity index (χ2n) is 4.42. The SMILES string of the molecule is C=CCOc1ccc2c(c1)C(CC(=O)O)=C(C)C2. The van der Waals surface area contributed by atoms with Gasteiger partial charge in [0.25, 0.3) is 0 Å². The van der Waals surface area contributed by atoms with Crippen LogP contribution in [-0.4, -0.2) is 17.7 Å². The molecule has 0 saturated carbocycles. The lowest BCUT2D eigenvalue weighted by molar-refractivity contribution is -0.135. The Balaban J connectivity index is 2.31. The zero-order chi connectivity index (χ0) is 13.1. The van der Waals surface area contributed by atoms with Gasteiger partial charge in [0.2, 0.25) is 0 Å². The van der Waals surface area contributed by atoms with Gasteiger partial charge in [-0.3, -0.25) is 4.79 Å². The number of carboxylic acid groups (broad SMARTS) is 1. The van der Waals surface area contributed by atoms with Crippen LogP contribution in [-0.2, 0) is 11.2 Å². The number of benzene rings is 1. The van der Waals surface area contributed by atoms with Gasteiger partial charge < -0.3 is 9.84 Å². The molecule has 0 radical (unpaired) electrons. The van der Waals surface area contributed by atoms with Crippen LogP contribution in [0.3, 0.4) is 0 Å². The van der Waals surface area contributed by atoms with Gasteiger partial charge >= 0.3 is 5.97 Å². The Morgan fingerprint density at radius 3 is 3.00 bits per heavy atom. The Kier molecular flexibility index (Phi) is 3.51. The van der Waals surface area contributed by atoms with Crippen molar-refractivity contribution in [3.63, 3.8) is 0 Å². The summed E-state index contributed by atoms with van der Waals surface area (Å²) in [4.78, 5) is 10.9. The number of aliphatic carboxylic acids is 1. The average molecular weight is 244 g/mol. The molecular weight excluding hydrogens is 228 g/mol. The molecule has 0 aliphatic heterocycles. The van der Waals surface area contributed by atoms with Crippen LogP contribution in [0.4, 0.5) is 0 Å². The molecule has 0 atom stereocenters. The lowest BCUT2D eigenvalue weighted by atomic mass is 10.0. The van der Waals surface area contributed by atoms with Crippen molar-refractivity contribution in [2.75, 3.05) is 6.61 Å².